The number of carbonyl (C=O) groups is 1. The van der Waals surface area contributed by atoms with Gasteiger partial charge in [0.25, 0.3) is 5.91 Å². The highest BCUT2D eigenvalue weighted by molar-refractivity contribution is 6.74. The van der Waals surface area contributed by atoms with E-state index in [0.717, 1.165) is 41.2 Å². The number of halogens is 1. The molecule has 1 heterocycles. The third-order valence-corrected chi connectivity index (χ3v) is 15.4. The summed E-state index contributed by atoms with van der Waals surface area (Å²) in [5.74, 6) is 0.556. The molecule has 51 heavy (non-hydrogen) atoms. The highest BCUT2D eigenvalue weighted by Gasteiger charge is 2.54. The zero-order valence-electron chi connectivity index (χ0n) is 30.4. The summed E-state index contributed by atoms with van der Waals surface area (Å²) >= 11 is 7.72. The molecule has 0 saturated heterocycles. The number of aromatic hydroxyl groups is 1. The van der Waals surface area contributed by atoms with Gasteiger partial charge in [-0.05, 0) is 71.6 Å². The SMILES string of the molecule is CCCC[C@H](Oc1ccc(OCc2ccccc2)cc1C1(Cl)C(=O)N(CO[Si](C)(C)C(C)(C)C)c2c(O)cccc21)c1cccc2ccccc12. The Kier molecular flexibility index (Phi) is 10.5. The number of phenolic OH excluding ortho intramolecular Hbond substituents is 1. The van der Waals surface area contributed by atoms with Gasteiger partial charge in [-0.1, -0.05) is 131 Å². The molecule has 8 heteroatoms. The summed E-state index contributed by atoms with van der Waals surface area (Å²) in [7, 11) is -2.29. The molecule has 6 nitrogen and oxygen atoms in total. The Labute approximate surface area is 308 Å². The molecule has 5 aromatic rings. The number of rotatable bonds is 13. The van der Waals surface area contributed by atoms with Crippen molar-refractivity contribution in [3.8, 4) is 17.2 Å². The lowest BCUT2D eigenvalue weighted by Crippen LogP contribution is -2.46. The Balaban J connectivity index is 1.47. The summed E-state index contributed by atoms with van der Waals surface area (Å²) in [6, 6.07) is 35.1. The van der Waals surface area contributed by atoms with Crippen LogP contribution in [0.1, 0.15) is 75.3 Å². The molecule has 1 aliphatic rings. The van der Waals surface area contributed by atoms with E-state index in [4.69, 9.17) is 25.5 Å². The fraction of sp³-hybridized carbons (Fsp3) is 0.326. The average molecular weight is 722 g/mol. The van der Waals surface area contributed by atoms with Crippen LogP contribution in [0.3, 0.4) is 0 Å². The average Bonchev–Trinajstić information content (AvgIpc) is 3.35. The van der Waals surface area contributed by atoms with Gasteiger partial charge in [-0.3, -0.25) is 9.69 Å². The zero-order valence-corrected chi connectivity index (χ0v) is 32.2. The monoisotopic (exact) mass is 721 g/mol. The Bertz CT molecular complexity index is 2000. The quantitative estimate of drug-likeness (QED) is 0.0968. The molecule has 0 bridgehead atoms. The van der Waals surface area contributed by atoms with Crippen LogP contribution in [0.15, 0.2) is 109 Å². The summed E-state index contributed by atoms with van der Waals surface area (Å²) in [6.45, 7) is 13.2. The molecular formula is C43H48ClNO5Si. The molecule has 0 spiro atoms. The number of benzene rings is 5. The molecular weight excluding hydrogens is 674 g/mol. The number of fused-ring (bicyclic) bond motifs is 2. The predicted molar refractivity (Wildman–Crippen MR) is 209 cm³/mol. The topological polar surface area (TPSA) is 68.2 Å². The van der Waals surface area contributed by atoms with Crippen LogP contribution in [-0.2, 0) is 20.7 Å². The molecule has 1 amide bonds. The molecule has 1 aliphatic heterocycles. The van der Waals surface area contributed by atoms with Gasteiger partial charge in [0.15, 0.2) is 13.2 Å². The first-order valence-corrected chi connectivity index (χ1v) is 21.1. The third kappa shape index (κ3) is 7.25. The Morgan fingerprint density at radius 2 is 1.59 bits per heavy atom. The van der Waals surface area contributed by atoms with Crippen molar-refractivity contribution in [3.63, 3.8) is 0 Å². The number of hydrogen-bond acceptors (Lipinski definition) is 5. The van der Waals surface area contributed by atoms with Crippen LogP contribution >= 0.6 is 11.6 Å². The van der Waals surface area contributed by atoms with E-state index in [0.29, 0.717) is 34.9 Å². The summed E-state index contributed by atoms with van der Waals surface area (Å²) in [4.78, 5) is 14.6. The molecule has 5 aromatic carbocycles. The molecule has 1 unspecified atom stereocenters. The fourth-order valence-corrected chi connectivity index (χ4v) is 7.67. The number of unbranched alkanes of at least 4 members (excludes halogenated alkanes) is 1. The standard InChI is InChI=1S/C43H48ClNO5Si/c1-7-8-24-38(34-21-14-19-31-18-12-13-20-33(31)34)50-39-26-25-32(48-28-30-16-10-9-11-17-30)27-36(39)43(44)35-22-15-23-37(46)40(35)45(41(43)47)29-49-51(5,6)42(2,3)4/h9-23,25-27,38,46H,7-8,24,28-29H2,1-6H3/t38-,43?/m0/s1. The van der Waals surface area contributed by atoms with Gasteiger partial charge in [-0.15, -0.1) is 0 Å². The third-order valence-electron chi connectivity index (χ3n) is 10.4. The summed E-state index contributed by atoms with van der Waals surface area (Å²) in [6.07, 6.45) is 2.40. The maximum atomic E-state index is 14.9. The molecule has 1 N–H and O–H groups in total. The molecule has 6 rings (SSSR count). The Hall–Kier alpha value is -4.30. The van der Waals surface area contributed by atoms with Crippen LogP contribution in [0.4, 0.5) is 5.69 Å². The number of ether oxygens (including phenoxy) is 2. The first kappa shape index (κ1) is 36.5. The second-order valence-electron chi connectivity index (χ2n) is 14.8. The van der Waals surface area contributed by atoms with Crippen LogP contribution in [0.5, 0.6) is 17.2 Å². The lowest BCUT2D eigenvalue weighted by atomic mass is 9.90. The minimum atomic E-state index is -2.29. The van der Waals surface area contributed by atoms with E-state index in [-0.39, 0.29) is 23.6 Å². The van der Waals surface area contributed by atoms with Crippen molar-refractivity contribution in [1.29, 1.82) is 0 Å². The zero-order chi connectivity index (χ0) is 36.4. The van der Waals surface area contributed by atoms with E-state index >= 15 is 0 Å². The van der Waals surface area contributed by atoms with Crippen molar-refractivity contribution >= 4 is 42.3 Å². The summed E-state index contributed by atoms with van der Waals surface area (Å²) in [5.41, 5.74) is 3.34. The molecule has 0 aromatic heterocycles. The summed E-state index contributed by atoms with van der Waals surface area (Å²) < 4.78 is 19.9. The maximum absolute atomic E-state index is 14.9. The highest BCUT2D eigenvalue weighted by atomic mass is 35.5. The number of nitrogens with zero attached hydrogens (tertiary/aromatic N) is 1. The number of hydrogen-bond donors (Lipinski definition) is 1. The second kappa shape index (κ2) is 14.7. The molecule has 266 valence electrons. The Morgan fingerprint density at radius 1 is 0.882 bits per heavy atom. The van der Waals surface area contributed by atoms with Crippen molar-refractivity contribution in [3.05, 3.63) is 131 Å². The van der Waals surface area contributed by atoms with Gasteiger partial charge in [0.05, 0.1) is 5.69 Å². The molecule has 0 aliphatic carbocycles. The smallest absolute Gasteiger partial charge is 0.259 e. The van der Waals surface area contributed by atoms with E-state index in [1.54, 1.807) is 18.2 Å². The number of para-hydroxylation sites is 1. The normalized spacial score (nSPS) is 16.7. The maximum Gasteiger partial charge on any atom is 0.259 e. The van der Waals surface area contributed by atoms with Gasteiger partial charge >= 0.3 is 0 Å². The largest absolute Gasteiger partial charge is 0.506 e. The Morgan fingerprint density at radius 3 is 2.33 bits per heavy atom. The van der Waals surface area contributed by atoms with Gasteiger partial charge in [-0.25, -0.2) is 0 Å². The van der Waals surface area contributed by atoms with E-state index in [1.807, 2.05) is 60.7 Å². The number of carbonyl (C=O) groups excluding carboxylic acids is 1. The van der Waals surface area contributed by atoms with Gasteiger partial charge in [0.1, 0.15) is 36.7 Å². The minimum absolute atomic E-state index is 0.0378. The molecule has 0 fully saturated rings. The van der Waals surface area contributed by atoms with Crippen LogP contribution in [0.25, 0.3) is 10.8 Å². The van der Waals surface area contributed by atoms with E-state index in [1.165, 1.54) is 4.90 Å². The fourth-order valence-electron chi connectivity index (χ4n) is 6.39. The van der Waals surface area contributed by atoms with E-state index in [2.05, 4.69) is 71.1 Å². The van der Waals surface area contributed by atoms with Crippen molar-refractivity contribution < 1.29 is 23.8 Å². The first-order chi connectivity index (χ1) is 24.3. The predicted octanol–water partition coefficient (Wildman–Crippen LogP) is 11.2. The van der Waals surface area contributed by atoms with E-state index in [9.17, 15) is 9.90 Å². The van der Waals surface area contributed by atoms with Crippen LogP contribution < -0.4 is 14.4 Å². The van der Waals surface area contributed by atoms with Gasteiger partial charge in [0, 0.05) is 16.7 Å². The van der Waals surface area contributed by atoms with E-state index < -0.39 is 19.1 Å². The van der Waals surface area contributed by atoms with Gasteiger partial charge in [-0.2, -0.15) is 0 Å². The molecule has 2 atom stereocenters. The lowest BCUT2D eigenvalue weighted by molar-refractivity contribution is -0.120. The number of anilines is 1. The van der Waals surface area contributed by atoms with Crippen molar-refractivity contribution in [2.24, 2.45) is 0 Å². The molecule has 0 saturated carbocycles. The van der Waals surface area contributed by atoms with Crippen LogP contribution in [0.2, 0.25) is 18.1 Å². The number of alkyl halides is 1. The lowest BCUT2D eigenvalue weighted by Gasteiger charge is -2.37. The minimum Gasteiger partial charge on any atom is -0.506 e. The first-order valence-electron chi connectivity index (χ1n) is 17.8. The summed E-state index contributed by atoms with van der Waals surface area (Å²) in [5, 5.41) is 13.4. The van der Waals surface area contributed by atoms with Gasteiger partial charge < -0.3 is 19.0 Å². The van der Waals surface area contributed by atoms with Crippen molar-refractivity contribution in [2.75, 3.05) is 11.6 Å². The van der Waals surface area contributed by atoms with Crippen molar-refractivity contribution in [1.82, 2.24) is 0 Å². The van der Waals surface area contributed by atoms with Crippen LogP contribution in [-0.4, -0.2) is 26.1 Å². The number of amides is 1. The second-order valence-corrected chi connectivity index (χ2v) is 20.2. The molecule has 0 radical (unpaired) electrons. The highest BCUT2D eigenvalue weighted by Crippen LogP contribution is 2.55. The van der Waals surface area contributed by atoms with Gasteiger partial charge in [0.2, 0.25) is 0 Å². The number of phenols is 1. The van der Waals surface area contributed by atoms with Crippen molar-refractivity contribution in [2.45, 2.75) is 82.7 Å². The van der Waals surface area contributed by atoms with Crippen LogP contribution in [0, 0.1) is 0 Å².